The molecule has 0 heterocycles. The SMILES string of the molecule is CCCC(C)NC(=O)[C@@H]1C[C@@H]1C(=O)O. The second-order valence-electron chi connectivity index (χ2n) is 3.99. The quantitative estimate of drug-likeness (QED) is 0.694. The van der Waals surface area contributed by atoms with Crippen LogP contribution < -0.4 is 5.32 Å². The molecular weight excluding hydrogens is 182 g/mol. The average molecular weight is 199 g/mol. The van der Waals surface area contributed by atoms with Gasteiger partial charge in [-0.05, 0) is 19.8 Å². The zero-order valence-corrected chi connectivity index (χ0v) is 8.62. The first-order valence-corrected chi connectivity index (χ1v) is 5.09. The second kappa shape index (κ2) is 4.44. The summed E-state index contributed by atoms with van der Waals surface area (Å²) in [7, 11) is 0. The molecule has 0 aliphatic heterocycles. The maximum atomic E-state index is 11.4. The molecule has 0 aromatic carbocycles. The van der Waals surface area contributed by atoms with E-state index in [0.717, 1.165) is 12.8 Å². The Morgan fingerprint density at radius 2 is 2.14 bits per heavy atom. The van der Waals surface area contributed by atoms with Gasteiger partial charge in [0.05, 0.1) is 11.8 Å². The van der Waals surface area contributed by atoms with Crippen molar-refractivity contribution in [3.8, 4) is 0 Å². The van der Waals surface area contributed by atoms with Crippen LogP contribution >= 0.6 is 0 Å². The molecule has 1 unspecified atom stereocenters. The Morgan fingerprint density at radius 3 is 2.57 bits per heavy atom. The smallest absolute Gasteiger partial charge is 0.307 e. The molecule has 0 spiro atoms. The van der Waals surface area contributed by atoms with Gasteiger partial charge in [0, 0.05) is 6.04 Å². The van der Waals surface area contributed by atoms with Gasteiger partial charge in [0.1, 0.15) is 0 Å². The van der Waals surface area contributed by atoms with E-state index in [9.17, 15) is 9.59 Å². The molecule has 0 saturated heterocycles. The van der Waals surface area contributed by atoms with Gasteiger partial charge in [-0.25, -0.2) is 0 Å². The number of rotatable bonds is 5. The topological polar surface area (TPSA) is 66.4 Å². The van der Waals surface area contributed by atoms with Gasteiger partial charge in [0.15, 0.2) is 0 Å². The van der Waals surface area contributed by atoms with Crippen molar-refractivity contribution in [2.45, 2.75) is 39.2 Å². The number of carbonyl (C=O) groups excluding carboxylic acids is 1. The van der Waals surface area contributed by atoms with E-state index in [1.54, 1.807) is 0 Å². The molecule has 1 fully saturated rings. The Kier molecular flexibility index (Phi) is 3.49. The summed E-state index contributed by atoms with van der Waals surface area (Å²) < 4.78 is 0. The van der Waals surface area contributed by atoms with Gasteiger partial charge in [0.2, 0.25) is 5.91 Å². The molecule has 1 rings (SSSR count). The largest absolute Gasteiger partial charge is 0.481 e. The maximum absolute atomic E-state index is 11.4. The van der Waals surface area contributed by atoms with Crippen molar-refractivity contribution in [3.63, 3.8) is 0 Å². The van der Waals surface area contributed by atoms with Gasteiger partial charge in [-0.1, -0.05) is 13.3 Å². The van der Waals surface area contributed by atoms with Crippen LogP contribution in [-0.4, -0.2) is 23.0 Å². The Hall–Kier alpha value is -1.06. The number of carbonyl (C=O) groups is 2. The zero-order chi connectivity index (χ0) is 10.7. The van der Waals surface area contributed by atoms with Crippen molar-refractivity contribution < 1.29 is 14.7 Å². The first-order valence-electron chi connectivity index (χ1n) is 5.09. The summed E-state index contributed by atoms with van der Waals surface area (Å²) in [4.78, 5) is 21.9. The lowest BCUT2D eigenvalue weighted by Gasteiger charge is -2.11. The van der Waals surface area contributed by atoms with Crippen LogP contribution in [0, 0.1) is 11.8 Å². The van der Waals surface area contributed by atoms with Crippen LogP contribution in [0.1, 0.15) is 33.1 Å². The van der Waals surface area contributed by atoms with Crippen molar-refractivity contribution in [1.82, 2.24) is 5.32 Å². The van der Waals surface area contributed by atoms with E-state index in [4.69, 9.17) is 5.11 Å². The summed E-state index contributed by atoms with van der Waals surface area (Å²) in [6.07, 6.45) is 2.46. The zero-order valence-electron chi connectivity index (χ0n) is 8.62. The predicted molar refractivity (Wildman–Crippen MR) is 51.7 cm³/mol. The highest BCUT2D eigenvalue weighted by molar-refractivity contribution is 5.89. The molecule has 1 aliphatic carbocycles. The standard InChI is InChI=1S/C10H17NO3/c1-3-4-6(2)11-9(12)7-5-8(7)10(13)14/h6-8H,3-5H2,1-2H3,(H,11,12)(H,13,14)/t6?,7-,8+/m1/s1. The minimum Gasteiger partial charge on any atom is -0.481 e. The van der Waals surface area contributed by atoms with Crippen molar-refractivity contribution in [1.29, 1.82) is 0 Å². The minimum atomic E-state index is -0.853. The average Bonchev–Trinajstić information content (AvgIpc) is 2.82. The lowest BCUT2D eigenvalue weighted by Crippen LogP contribution is -2.34. The van der Waals surface area contributed by atoms with Crippen LogP contribution in [-0.2, 0) is 9.59 Å². The maximum Gasteiger partial charge on any atom is 0.307 e. The van der Waals surface area contributed by atoms with Gasteiger partial charge in [-0.2, -0.15) is 0 Å². The fraction of sp³-hybridized carbons (Fsp3) is 0.800. The van der Waals surface area contributed by atoms with Crippen LogP contribution in [0.2, 0.25) is 0 Å². The van der Waals surface area contributed by atoms with Crippen molar-refractivity contribution in [2.24, 2.45) is 11.8 Å². The minimum absolute atomic E-state index is 0.0987. The Morgan fingerprint density at radius 1 is 1.50 bits per heavy atom. The molecule has 4 heteroatoms. The number of nitrogens with one attached hydrogen (secondary N) is 1. The fourth-order valence-corrected chi connectivity index (χ4v) is 1.61. The first-order chi connectivity index (χ1) is 6.56. The molecule has 14 heavy (non-hydrogen) atoms. The molecule has 1 saturated carbocycles. The normalized spacial score (nSPS) is 26.7. The predicted octanol–water partition coefficient (Wildman–Crippen LogP) is 1.01. The van der Waals surface area contributed by atoms with Crippen LogP contribution in [0.15, 0.2) is 0 Å². The molecule has 3 atom stereocenters. The lowest BCUT2D eigenvalue weighted by molar-refractivity contribution is -0.140. The number of aliphatic carboxylic acids is 1. The third-order valence-electron chi connectivity index (χ3n) is 2.55. The molecule has 0 aromatic heterocycles. The van der Waals surface area contributed by atoms with Gasteiger partial charge < -0.3 is 10.4 Å². The van der Waals surface area contributed by atoms with E-state index in [1.807, 2.05) is 6.92 Å². The van der Waals surface area contributed by atoms with Crippen molar-refractivity contribution >= 4 is 11.9 Å². The van der Waals surface area contributed by atoms with E-state index in [1.165, 1.54) is 0 Å². The van der Waals surface area contributed by atoms with Gasteiger partial charge in [0.25, 0.3) is 0 Å². The van der Waals surface area contributed by atoms with Gasteiger partial charge >= 0.3 is 5.97 Å². The van der Waals surface area contributed by atoms with Crippen LogP contribution in [0.5, 0.6) is 0 Å². The highest BCUT2D eigenvalue weighted by atomic mass is 16.4. The third kappa shape index (κ3) is 2.72. The van der Waals surface area contributed by atoms with E-state index in [2.05, 4.69) is 12.2 Å². The monoisotopic (exact) mass is 199 g/mol. The second-order valence-corrected chi connectivity index (χ2v) is 3.99. The summed E-state index contributed by atoms with van der Waals surface area (Å²) in [6.45, 7) is 4.00. The van der Waals surface area contributed by atoms with Gasteiger partial charge in [-0.15, -0.1) is 0 Å². The Labute approximate surface area is 83.7 Å². The number of hydrogen-bond donors (Lipinski definition) is 2. The molecular formula is C10H17NO3. The molecule has 4 nitrogen and oxygen atoms in total. The lowest BCUT2D eigenvalue weighted by atomic mass is 10.2. The molecule has 80 valence electrons. The third-order valence-corrected chi connectivity index (χ3v) is 2.55. The molecule has 2 N–H and O–H groups in total. The number of carboxylic acid groups (broad SMARTS) is 1. The Bertz CT molecular complexity index is 240. The molecule has 1 aliphatic rings. The van der Waals surface area contributed by atoms with E-state index in [-0.39, 0.29) is 17.9 Å². The highest BCUT2D eigenvalue weighted by Crippen LogP contribution is 2.38. The Balaban J connectivity index is 2.27. The summed E-state index contributed by atoms with van der Waals surface area (Å²) >= 11 is 0. The molecule has 0 bridgehead atoms. The van der Waals surface area contributed by atoms with Crippen molar-refractivity contribution in [2.75, 3.05) is 0 Å². The van der Waals surface area contributed by atoms with Crippen molar-refractivity contribution in [3.05, 3.63) is 0 Å². The van der Waals surface area contributed by atoms with E-state index >= 15 is 0 Å². The van der Waals surface area contributed by atoms with E-state index < -0.39 is 11.9 Å². The number of carboxylic acids is 1. The molecule has 0 radical (unpaired) electrons. The number of hydrogen-bond acceptors (Lipinski definition) is 2. The molecule has 0 aromatic rings. The van der Waals surface area contributed by atoms with E-state index in [0.29, 0.717) is 6.42 Å². The molecule has 1 amide bonds. The van der Waals surface area contributed by atoms with Crippen LogP contribution in [0.3, 0.4) is 0 Å². The summed E-state index contributed by atoms with van der Waals surface area (Å²) in [5.74, 6) is -1.68. The fourth-order valence-electron chi connectivity index (χ4n) is 1.61. The summed E-state index contributed by atoms with van der Waals surface area (Å²) in [6, 6.07) is 0.155. The van der Waals surface area contributed by atoms with Crippen LogP contribution in [0.25, 0.3) is 0 Å². The van der Waals surface area contributed by atoms with Gasteiger partial charge in [-0.3, -0.25) is 9.59 Å². The van der Waals surface area contributed by atoms with Crippen LogP contribution in [0.4, 0.5) is 0 Å². The summed E-state index contributed by atoms with van der Waals surface area (Å²) in [5, 5.41) is 11.5. The highest BCUT2D eigenvalue weighted by Gasteiger charge is 2.48. The number of amides is 1. The summed E-state index contributed by atoms with van der Waals surface area (Å²) in [5.41, 5.74) is 0. The first kappa shape index (κ1) is 11.0.